The molecule has 5 nitrogen and oxygen atoms in total. The molecule has 2 aliphatic heterocycles. The summed E-state index contributed by atoms with van der Waals surface area (Å²) in [7, 11) is 0. The van der Waals surface area contributed by atoms with E-state index in [2.05, 4.69) is 15.2 Å². The minimum atomic E-state index is -0.189. The SMILES string of the molecule is O=C(Nc1ccccn1)c1ccccc1OC12CCCN(CC1)C2. The Hall–Kier alpha value is -2.40. The number of piperidine rings is 1. The molecule has 2 unspecified atom stereocenters. The largest absolute Gasteiger partial charge is 0.485 e. The van der Waals surface area contributed by atoms with Gasteiger partial charge in [-0.3, -0.25) is 9.69 Å². The van der Waals surface area contributed by atoms with E-state index in [9.17, 15) is 4.79 Å². The quantitative estimate of drug-likeness (QED) is 0.940. The van der Waals surface area contributed by atoms with Crippen LogP contribution in [0.2, 0.25) is 0 Å². The van der Waals surface area contributed by atoms with Crippen LogP contribution in [0.15, 0.2) is 48.7 Å². The van der Waals surface area contributed by atoms with E-state index in [0.717, 1.165) is 38.9 Å². The van der Waals surface area contributed by atoms with Crippen molar-refractivity contribution in [3.63, 3.8) is 0 Å². The first-order chi connectivity index (χ1) is 11.7. The number of rotatable bonds is 4. The summed E-state index contributed by atoms with van der Waals surface area (Å²) in [4.78, 5) is 19.2. The molecule has 3 heterocycles. The van der Waals surface area contributed by atoms with Gasteiger partial charge in [0.15, 0.2) is 0 Å². The van der Waals surface area contributed by atoms with Crippen molar-refractivity contribution < 1.29 is 9.53 Å². The van der Waals surface area contributed by atoms with E-state index in [1.165, 1.54) is 0 Å². The standard InChI is InChI=1S/C19H21N3O2/c23-18(21-17-8-3-4-11-20-17)15-6-1-2-7-16(15)24-19-9-5-12-22(14-19)13-10-19/h1-4,6-8,11H,5,9-10,12-14H2,(H,20,21,23). The molecule has 24 heavy (non-hydrogen) atoms. The molecule has 2 atom stereocenters. The third kappa shape index (κ3) is 2.99. The van der Waals surface area contributed by atoms with E-state index < -0.39 is 0 Å². The van der Waals surface area contributed by atoms with Crippen LogP contribution >= 0.6 is 0 Å². The predicted molar refractivity (Wildman–Crippen MR) is 92.3 cm³/mol. The van der Waals surface area contributed by atoms with Crippen molar-refractivity contribution in [2.24, 2.45) is 0 Å². The molecule has 2 saturated heterocycles. The van der Waals surface area contributed by atoms with Crippen LogP contribution in [-0.2, 0) is 0 Å². The van der Waals surface area contributed by atoms with E-state index in [1.807, 2.05) is 30.3 Å². The van der Waals surface area contributed by atoms with Gasteiger partial charge in [-0.2, -0.15) is 0 Å². The number of nitrogens with zero attached hydrogens (tertiary/aromatic N) is 2. The number of ether oxygens (including phenoxy) is 1. The third-order valence-corrected chi connectivity index (χ3v) is 4.87. The van der Waals surface area contributed by atoms with Crippen LogP contribution < -0.4 is 10.1 Å². The average molecular weight is 323 g/mol. The molecule has 1 amide bonds. The minimum absolute atomic E-state index is 0.139. The number of carbonyl (C=O) groups excluding carboxylic acids is 1. The number of aromatic nitrogens is 1. The Kier molecular flexibility index (Phi) is 3.94. The van der Waals surface area contributed by atoms with Gasteiger partial charge in [-0.1, -0.05) is 18.2 Å². The molecule has 2 aliphatic rings. The monoisotopic (exact) mass is 323 g/mol. The molecule has 1 N–H and O–H groups in total. The number of pyridine rings is 1. The normalized spacial score (nSPS) is 25.2. The number of amides is 1. The maximum Gasteiger partial charge on any atom is 0.260 e. The number of carbonyl (C=O) groups is 1. The van der Waals surface area contributed by atoms with Crippen LogP contribution in [0.3, 0.4) is 0 Å². The molecule has 2 fully saturated rings. The predicted octanol–water partition coefficient (Wildman–Crippen LogP) is 2.95. The van der Waals surface area contributed by atoms with Crippen molar-refractivity contribution in [3.8, 4) is 5.75 Å². The lowest BCUT2D eigenvalue weighted by Crippen LogP contribution is -2.43. The highest BCUT2D eigenvalue weighted by Crippen LogP contribution is 2.36. The fourth-order valence-corrected chi connectivity index (χ4v) is 3.68. The van der Waals surface area contributed by atoms with Crippen molar-refractivity contribution in [2.75, 3.05) is 25.0 Å². The number of nitrogens with one attached hydrogen (secondary N) is 1. The van der Waals surface area contributed by atoms with Crippen LogP contribution in [0.25, 0.3) is 0 Å². The Morgan fingerprint density at radius 1 is 1.12 bits per heavy atom. The van der Waals surface area contributed by atoms with Gasteiger partial charge in [0.2, 0.25) is 0 Å². The summed E-state index contributed by atoms with van der Waals surface area (Å²) < 4.78 is 6.40. The first-order valence-corrected chi connectivity index (χ1v) is 8.47. The number of hydrogen-bond donors (Lipinski definition) is 1. The summed E-state index contributed by atoms with van der Waals surface area (Å²) in [6.07, 6.45) is 4.90. The zero-order valence-electron chi connectivity index (χ0n) is 13.6. The second kappa shape index (κ2) is 6.24. The van der Waals surface area contributed by atoms with Gasteiger partial charge >= 0.3 is 0 Å². The van der Waals surface area contributed by atoms with Crippen LogP contribution in [0, 0.1) is 0 Å². The molecular weight excluding hydrogens is 302 g/mol. The molecule has 0 saturated carbocycles. The molecular formula is C19H21N3O2. The summed E-state index contributed by atoms with van der Waals surface area (Å²) >= 11 is 0. The lowest BCUT2D eigenvalue weighted by molar-refractivity contribution is 0.0443. The highest BCUT2D eigenvalue weighted by atomic mass is 16.5. The molecule has 124 valence electrons. The maximum absolute atomic E-state index is 12.6. The minimum Gasteiger partial charge on any atom is -0.485 e. The fraction of sp³-hybridized carbons (Fsp3) is 0.368. The molecule has 0 spiro atoms. The van der Waals surface area contributed by atoms with Crippen molar-refractivity contribution in [3.05, 3.63) is 54.2 Å². The summed E-state index contributed by atoms with van der Waals surface area (Å²) in [6.45, 7) is 3.21. The molecule has 4 rings (SSSR count). The molecule has 5 heteroatoms. The van der Waals surface area contributed by atoms with Crippen LogP contribution in [-0.4, -0.2) is 41.0 Å². The van der Waals surface area contributed by atoms with E-state index >= 15 is 0 Å². The Morgan fingerprint density at radius 3 is 2.88 bits per heavy atom. The molecule has 2 aromatic rings. The second-order valence-electron chi connectivity index (χ2n) is 6.58. The van der Waals surface area contributed by atoms with E-state index in [-0.39, 0.29) is 11.5 Å². The van der Waals surface area contributed by atoms with Gasteiger partial charge in [0.1, 0.15) is 17.2 Å². The highest BCUT2D eigenvalue weighted by Gasteiger charge is 2.43. The zero-order valence-corrected chi connectivity index (χ0v) is 13.6. The highest BCUT2D eigenvalue weighted by molar-refractivity contribution is 6.05. The van der Waals surface area contributed by atoms with E-state index in [0.29, 0.717) is 17.1 Å². The van der Waals surface area contributed by atoms with Crippen molar-refractivity contribution >= 4 is 11.7 Å². The Bertz CT molecular complexity index is 730. The molecule has 0 aliphatic carbocycles. The zero-order chi connectivity index (χ0) is 16.4. The topological polar surface area (TPSA) is 54.5 Å². The number of benzene rings is 1. The van der Waals surface area contributed by atoms with Crippen molar-refractivity contribution in [1.29, 1.82) is 0 Å². The summed E-state index contributed by atoms with van der Waals surface area (Å²) in [5.74, 6) is 1.02. The molecule has 1 aromatic heterocycles. The van der Waals surface area contributed by atoms with Gasteiger partial charge in [0.25, 0.3) is 5.91 Å². The van der Waals surface area contributed by atoms with Crippen molar-refractivity contribution in [1.82, 2.24) is 9.88 Å². The van der Waals surface area contributed by atoms with Crippen LogP contribution in [0.4, 0.5) is 5.82 Å². The van der Waals surface area contributed by atoms with Crippen LogP contribution in [0.1, 0.15) is 29.6 Å². The molecule has 1 aromatic carbocycles. The van der Waals surface area contributed by atoms with Gasteiger partial charge in [0.05, 0.1) is 5.56 Å². The Balaban J connectivity index is 1.55. The average Bonchev–Trinajstić information content (AvgIpc) is 2.90. The first kappa shape index (κ1) is 15.1. The van der Waals surface area contributed by atoms with Gasteiger partial charge in [-0.15, -0.1) is 0 Å². The Labute approximate surface area is 141 Å². The van der Waals surface area contributed by atoms with E-state index in [1.54, 1.807) is 18.3 Å². The molecule has 0 radical (unpaired) electrons. The third-order valence-electron chi connectivity index (χ3n) is 4.87. The smallest absolute Gasteiger partial charge is 0.260 e. The maximum atomic E-state index is 12.6. The fourth-order valence-electron chi connectivity index (χ4n) is 3.68. The lowest BCUT2D eigenvalue weighted by Gasteiger charge is -2.35. The van der Waals surface area contributed by atoms with Crippen molar-refractivity contribution in [2.45, 2.75) is 24.9 Å². The first-order valence-electron chi connectivity index (χ1n) is 8.47. The van der Waals surface area contributed by atoms with Gasteiger partial charge < -0.3 is 10.1 Å². The molecule has 2 bridgehead atoms. The van der Waals surface area contributed by atoms with Gasteiger partial charge in [-0.05, 0) is 43.7 Å². The van der Waals surface area contributed by atoms with E-state index in [4.69, 9.17) is 4.74 Å². The summed E-state index contributed by atoms with van der Waals surface area (Å²) in [6, 6.07) is 12.9. The number of anilines is 1. The number of fused-ring (bicyclic) bond motifs is 2. The summed E-state index contributed by atoms with van der Waals surface area (Å²) in [5, 5.41) is 2.84. The lowest BCUT2D eigenvalue weighted by atomic mass is 9.94. The van der Waals surface area contributed by atoms with Gasteiger partial charge in [0, 0.05) is 25.7 Å². The van der Waals surface area contributed by atoms with Gasteiger partial charge in [-0.25, -0.2) is 4.98 Å². The summed E-state index contributed by atoms with van der Waals surface area (Å²) in [5.41, 5.74) is 0.418. The van der Waals surface area contributed by atoms with Crippen LogP contribution in [0.5, 0.6) is 5.75 Å². The number of para-hydroxylation sites is 1. The Morgan fingerprint density at radius 2 is 2.00 bits per heavy atom. The second-order valence-corrected chi connectivity index (χ2v) is 6.58. The number of hydrogen-bond acceptors (Lipinski definition) is 4.